The summed E-state index contributed by atoms with van der Waals surface area (Å²) in [6, 6.07) is 0. The highest BCUT2D eigenvalue weighted by atomic mass is 35.5. The molecule has 0 aromatic rings. The third-order valence-electron chi connectivity index (χ3n) is 6.97. The molecule has 0 aromatic heterocycles. The molecular weight excluding hydrogens is 572 g/mol. The molecule has 0 bridgehead atoms. The Morgan fingerprint density at radius 2 is 0.465 bits per heavy atom. The summed E-state index contributed by atoms with van der Waals surface area (Å²) >= 11 is 5.52. The van der Waals surface area contributed by atoms with E-state index in [9.17, 15) is 0 Å². The zero-order chi connectivity index (χ0) is 31.0. The highest BCUT2D eigenvalue weighted by Crippen LogP contribution is 2.13. The minimum absolute atomic E-state index is 0.508. The van der Waals surface area contributed by atoms with Gasteiger partial charge in [0.15, 0.2) is 0 Å². The van der Waals surface area contributed by atoms with E-state index >= 15 is 0 Å². The molecule has 0 aromatic carbocycles. The number of ether oxygens (including phenoxy) is 8. The van der Waals surface area contributed by atoms with Crippen LogP contribution < -0.4 is 0 Å². The first-order valence-electron chi connectivity index (χ1n) is 17.6. The van der Waals surface area contributed by atoms with Crippen LogP contribution >= 0.6 is 11.6 Å². The van der Waals surface area contributed by atoms with Crippen LogP contribution in [0.25, 0.3) is 0 Å². The van der Waals surface area contributed by atoms with E-state index in [0.29, 0.717) is 105 Å². The number of hydrogen-bond acceptors (Lipinski definition) is 8. The molecule has 8 nitrogen and oxygen atoms in total. The van der Waals surface area contributed by atoms with Gasteiger partial charge in [-0.25, -0.2) is 0 Å². The second-order valence-electron chi connectivity index (χ2n) is 10.9. The second-order valence-corrected chi connectivity index (χ2v) is 11.3. The number of alkyl halides is 1. The Kier molecular flexibility index (Phi) is 41.9. The Labute approximate surface area is 270 Å². The van der Waals surface area contributed by atoms with Gasteiger partial charge in [-0.2, -0.15) is 0 Å². The SMILES string of the molecule is CCCCCCCCCCCCCCCCCCOCCOCCOCCOCCOCCOCCOCCOCCCl. The van der Waals surface area contributed by atoms with Crippen LogP contribution in [0.2, 0.25) is 0 Å². The smallest absolute Gasteiger partial charge is 0.0701 e. The fourth-order valence-electron chi connectivity index (χ4n) is 4.45. The van der Waals surface area contributed by atoms with Gasteiger partial charge >= 0.3 is 0 Å². The molecule has 260 valence electrons. The topological polar surface area (TPSA) is 73.8 Å². The van der Waals surface area contributed by atoms with Crippen molar-refractivity contribution in [2.45, 2.75) is 110 Å². The predicted molar refractivity (Wildman–Crippen MR) is 177 cm³/mol. The minimum atomic E-state index is 0.508. The average molecular weight is 641 g/mol. The monoisotopic (exact) mass is 640 g/mol. The van der Waals surface area contributed by atoms with Crippen LogP contribution in [0.15, 0.2) is 0 Å². The van der Waals surface area contributed by atoms with Gasteiger partial charge in [-0.3, -0.25) is 0 Å². The van der Waals surface area contributed by atoms with Crippen molar-refractivity contribution in [1.82, 2.24) is 0 Å². The first-order valence-corrected chi connectivity index (χ1v) is 18.1. The van der Waals surface area contributed by atoms with Crippen molar-refractivity contribution in [2.75, 3.05) is 112 Å². The minimum Gasteiger partial charge on any atom is -0.379 e. The number of rotatable bonds is 40. The van der Waals surface area contributed by atoms with Gasteiger partial charge in [-0.05, 0) is 6.42 Å². The van der Waals surface area contributed by atoms with Crippen LogP contribution in [0.5, 0.6) is 0 Å². The van der Waals surface area contributed by atoms with E-state index in [1.807, 2.05) is 0 Å². The Bertz CT molecular complexity index is 436. The van der Waals surface area contributed by atoms with Crippen LogP contribution in [-0.2, 0) is 37.9 Å². The van der Waals surface area contributed by atoms with E-state index in [0.717, 1.165) is 13.0 Å². The van der Waals surface area contributed by atoms with E-state index in [1.165, 1.54) is 96.3 Å². The standard InChI is InChI=1S/C34H69ClO8/c1-2-3-4-5-6-7-8-9-10-11-12-13-14-15-16-17-19-36-21-23-38-25-27-40-29-31-42-33-34-43-32-30-41-28-26-39-24-22-37-20-18-35/h2-34H2,1H3. The summed E-state index contributed by atoms with van der Waals surface area (Å²) < 4.78 is 43.7. The Balaban J connectivity index is 3.02. The molecule has 0 rings (SSSR count). The highest BCUT2D eigenvalue weighted by molar-refractivity contribution is 6.17. The number of hydrogen-bond donors (Lipinski definition) is 0. The first kappa shape index (κ1) is 43.0. The normalized spacial score (nSPS) is 11.6. The van der Waals surface area contributed by atoms with Crippen LogP contribution in [0.1, 0.15) is 110 Å². The summed E-state index contributed by atoms with van der Waals surface area (Å²) in [7, 11) is 0. The Hall–Kier alpha value is -0.0300. The molecule has 43 heavy (non-hydrogen) atoms. The molecule has 0 spiro atoms. The lowest BCUT2D eigenvalue weighted by molar-refractivity contribution is -0.0228. The van der Waals surface area contributed by atoms with Gasteiger partial charge in [-0.15, -0.1) is 11.6 Å². The zero-order valence-corrected chi connectivity index (χ0v) is 28.7. The highest BCUT2D eigenvalue weighted by Gasteiger charge is 1.97. The van der Waals surface area contributed by atoms with Gasteiger partial charge in [0.1, 0.15) is 0 Å². The van der Waals surface area contributed by atoms with E-state index in [-0.39, 0.29) is 0 Å². The quantitative estimate of drug-likeness (QED) is 0.0500. The van der Waals surface area contributed by atoms with Crippen LogP contribution in [0.4, 0.5) is 0 Å². The second kappa shape index (κ2) is 42.0. The molecule has 9 heteroatoms. The predicted octanol–water partition coefficient (Wildman–Crippen LogP) is 7.62. The third kappa shape index (κ3) is 42.0. The lowest BCUT2D eigenvalue weighted by Crippen LogP contribution is -2.15. The molecule has 0 unspecified atom stereocenters. The molecule has 0 amide bonds. The fraction of sp³-hybridized carbons (Fsp3) is 1.00. The van der Waals surface area contributed by atoms with Crippen LogP contribution in [-0.4, -0.2) is 112 Å². The van der Waals surface area contributed by atoms with E-state index in [2.05, 4.69) is 6.92 Å². The van der Waals surface area contributed by atoms with E-state index < -0.39 is 0 Å². The van der Waals surface area contributed by atoms with Crippen molar-refractivity contribution in [3.63, 3.8) is 0 Å². The van der Waals surface area contributed by atoms with E-state index in [4.69, 9.17) is 49.5 Å². The van der Waals surface area contributed by atoms with Gasteiger partial charge < -0.3 is 37.9 Å². The molecule has 0 aliphatic heterocycles. The molecule has 0 fully saturated rings. The number of halogens is 1. The lowest BCUT2D eigenvalue weighted by Gasteiger charge is -2.08. The summed E-state index contributed by atoms with van der Waals surface area (Å²) in [4.78, 5) is 0. The summed E-state index contributed by atoms with van der Waals surface area (Å²) in [6.45, 7) is 11.6. The Morgan fingerprint density at radius 3 is 0.721 bits per heavy atom. The van der Waals surface area contributed by atoms with Crippen molar-refractivity contribution in [2.24, 2.45) is 0 Å². The van der Waals surface area contributed by atoms with Crippen molar-refractivity contribution in [1.29, 1.82) is 0 Å². The zero-order valence-electron chi connectivity index (χ0n) is 28.0. The molecule has 0 N–H and O–H groups in total. The summed E-state index contributed by atoms with van der Waals surface area (Å²) in [5.74, 6) is 0.508. The number of unbranched alkanes of at least 4 members (excludes halogenated alkanes) is 15. The summed E-state index contributed by atoms with van der Waals surface area (Å²) in [5, 5.41) is 0. The molecule has 0 heterocycles. The maximum Gasteiger partial charge on any atom is 0.0701 e. The van der Waals surface area contributed by atoms with Gasteiger partial charge in [0, 0.05) is 12.5 Å². The van der Waals surface area contributed by atoms with E-state index in [1.54, 1.807) is 0 Å². The molecule has 0 aliphatic carbocycles. The van der Waals surface area contributed by atoms with Crippen molar-refractivity contribution in [3.8, 4) is 0 Å². The third-order valence-corrected chi connectivity index (χ3v) is 7.12. The van der Waals surface area contributed by atoms with Gasteiger partial charge in [0.2, 0.25) is 0 Å². The molecular formula is C34H69ClO8. The summed E-state index contributed by atoms with van der Waals surface area (Å²) in [5.41, 5.74) is 0. The van der Waals surface area contributed by atoms with Crippen molar-refractivity contribution in [3.05, 3.63) is 0 Å². The molecule has 0 radical (unpaired) electrons. The van der Waals surface area contributed by atoms with Gasteiger partial charge in [0.05, 0.1) is 99.1 Å². The van der Waals surface area contributed by atoms with Gasteiger partial charge in [-0.1, -0.05) is 103 Å². The largest absolute Gasteiger partial charge is 0.379 e. The lowest BCUT2D eigenvalue weighted by atomic mass is 10.0. The maximum absolute atomic E-state index is 5.68. The molecule has 0 aliphatic rings. The molecule has 0 saturated carbocycles. The fourth-order valence-corrected chi connectivity index (χ4v) is 4.56. The van der Waals surface area contributed by atoms with Crippen molar-refractivity contribution >= 4 is 11.6 Å². The average Bonchev–Trinajstić information content (AvgIpc) is 3.02. The van der Waals surface area contributed by atoms with Crippen LogP contribution in [0.3, 0.4) is 0 Å². The molecule has 0 saturated heterocycles. The first-order chi connectivity index (χ1) is 21.4. The summed E-state index contributed by atoms with van der Waals surface area (Å²) in [6.07, 6.45) is 22.3. The van der Waals surface area contributed by atoms with Crippen molar-refractivity contribution < 1.29 is 37.9 Å². The molecule has 0 atom stereocenters. The Morgan fingerprint density at radius 1 is 0.256 bits per heavy atom. The van der Waals surface area contributed by atoms with Crippen LogP contribution in [0, 0.1) is 0 Å². The van der Waals surface area contributed by atoms with Gasteiger partial charge in [0.25, 0.3) is 0 Å². The maximum atomic E-state index is 5.68.